The predicted molar refractivity (Wildman–Crippen MR) is 67.0 cm³/mol. The molecule has 3 N–H and O–H groups in total. The summed E-state index contributed by atoms with van der Waals surface area (Å²) in [7, 11) is -3.83. The van der Waals surface area contributed by atoms with E-state index >= 15 is 0 Å². The largest absolute Gasteiger partial charge is 0.508 e. The predicted octanol–water partition coefficient (Wildman–Crippen LogP) is 1.75. The van der Waals surface area contributed by atoms with Crippen molar-refractivity contribution in [3.63, 3.8) is 0 Å². The zero-order chi connectivity index (χ0) is 13.2. The highest BCUT2D eigenvalue weighted by atomic mass is 32.2. The van der Waals surface area contributed by atoms with Gasteiger partial charge in [-0.2, -0.15) is 0 Å². The quantitative estimate of drug-likeness (QED) is 0.876. The maximum atomic E-state index is 11.2. The van der Waals surface area contributed by atoms with Crippen molar-refractivity contribution in [3.8, 4) is 11.5 Å². The molecule has 2 rings (SSSR count). The van der Waals surface area contributed by atoms with Gasteiger partial charge in [-0.15, -0.1) is 0 Å². The summed E-state index contributed by atoms with van der Waals surface area (Å²) in [6.45, 7) is 0. The monoisotopic (exact) mass is 271 g/mol. The Morgan fingerprint density at radius 2 is 1.83 bits per heavy atom. The normalized spacial score (nSPS) is 17.6. The van der Waals surface area contributed by atoms with Crippen LogP contribution in [-0.4, -0.2) is 19.6 Å². The Balaban J connectivity index is 2.20. The number of aromatic hydroxyl groups is 1. The summed E-state index contributed by atoms with van der Waals surface area (Å²) < 4.78 is 28.2. The number of hydrogen-bond donors (Lipinski definition) is 2. The van der Waals surface area contributed by atoms with Gasteiger partial charge >= 0.3 is 0 Å². The number of nitrogens with two attached hydrogens (primary N) is 1. The second-order valence-electron chi connectivity index (χ2n) is 4.59. The molecule has 1 aromatic rings. The van der Waals surface area contributed by atoms with Crippen LogP contribution >= 0.6 is 0 Å². The Labute approximate surface area is 107 Å². The number of phenols is 1. The van der Waals surface area contributed by atoms with Crippen molar-refractivity contribution in [2.45, 2.75) is 43.1 Å². The van der Waals surface area contributed by atoms with Crippen LogP contribution in [0, 0.1) is 0 Å². The molecule has 1 aromatic carbocycles. The van der Waals surface area contributed by atoms with Crippen molar-refractivity contribution in [1.82, 2.24) is 0 Å². The van der Waals surface area contributed by atoms with Gasteiger partial charge in [0.1, 0.15) is 11.5 Å². The average Bonchev–Trinajstić information content (AvgIpc) is 2.28. The molecular formula is C12H17NO4S. The van der Waals surface area contributed by atoms with Crippen molar-refractivity contribution in [2.24, 2.45) is 5.14 Å². The van der Waals surface area contributed by atoms with Crippen molar-refractivity contribution < 1.29 is 18.3 Å². The van der Waals surface area contributed by atoms with Gasteiger partial charge in [0.25, 0.3) is 0 Å². The highest BCUT2D eigenvalue weighted by Crippen LogP contribution is 2.28. The first kappa shape index (κ1) is 13.2. The molecule has 0 atom stereocenters. The number of sulfonamides is 1. The molecular weight excluding hydrogens is 254 g/mol. The molecule has 1 saturated carbocycles. The first-order valence-electron chi connectivity index (χ1n) is 5.99. The van der Waals surface area contributed by atoms with Crippen LogP contribution < -0.4 is 9.88 Å². The Kier molecular flexibility index (Phi) is 3.77. The molecule has 0 amide bonds. The summed E-state index contributed by atoms with van der Waals surface area (Å²) in [6.07, 6.45) is 5.45. The Bertz CT molecular complexity index is 521. The number of ether oxygens (including phenoxy) is 1. The summed E-state index contributed by atoms with van der Waals surface area (Å²) in [5.74, 6) is 0.193. The lowest BCUT2D eigenvalue weighted by atomic mass is 9.98. The van der Waals surface area contributed by atoms with E-state index in [9.17, 15) is 13.5 Å². The van der Waals surface area contributed by atoms with E-state index in [1.54, 1.807) is 0 Å². The maximum absolute atomic E-state index is 11.2. The van der Waals surface area contributed by atoms with Gasteiger partial charge in [0.05, 0.1) is 11.0 Å². The first-order valence-corrected chi connectivity index (χ1v) is 7.53. The molecule has 0 aromatic heterocycles. The Hall–Kier alpha value is -1.27. The molecule has 0 bridgehead atoms. The van der Waals surface area contributed by atoms with E-state index in [2.05, 4.69) is 0 Å². The summed E-state index contributed by atoms with van der Waals surface area (Å²) in [5, 5.41) is 14.5. The van der Waals surface area contributed by atoms with E-state index in [0.717, 1.165) is 31.7 Å². The third-order valence-electron chi connectivity index (χ3n) is 3.05. The molecule has 0 heterocycles. The summed E-state index contributed by atoms with van der Waals surface area (Å²) in [5.41, 5.74) is 0. The lowest BCUT2D eigenvalue weighted by Crippen LogP contribution is -2.20. The van der Waals surface area contributed by atoms with E-state index in [1.165, 1.54) is 18.6 Å². The second-order valence-corrected chi connectivity index (χ2v) is 6.15. The third-order valence-corrected chi connectivity index (χ3v) is 3.94. The molecule has 0 saturated heterocycles. The van der Waals surface area contributed by atoms with E-state index < -0.39 is 10.0 Å². The highest BCUT2D eigenvalue weighted by molar-refractivity contribution is 7.89. The number of primary sulfonamides is 1. The van der Waals surface area contributed by atoms with Crippen LogP contribution in [0.25, 0.3) is 0 Å². The third kappa shape index (κ3) is 3.36. The van der Waals surface area contributed by atoms with E-state index in [4.69, 9.17) is 9.88 Å². The molecule has 1 aliphatic rings. The maximum Gasteiger partial charge on any atom is 0.238 e. The smallest absolute Gasteiger partial charge is 0.238 e. The number of hydrogen-bond acceptors (Lipinski definition) is 4. The topological polar surface area (TPSA) is 89.6 Å². The molecule has 6 heteroatoms. The highest BCUT2D eigenvalue weighted by Gasteiger charge is 2.17. The number of benzene rings is 1. The number of phenolic OH excluding ortho intramolecular Hbond substituents is 1. The fourth-order valence-electron chi connectivity index (χ4n) is 2.16. The van der Waals surface area contributed by atoms with E-state index in [-0.39, 0.29) is 16.7 Å². The van der Waals surface area contributed by atoms with Gasteiger partial charge in [-0.1, -0.05) is 6.42 Å². The van der Waals surface area contributed by atoms with Crippen LogP contribution in [0.3, 0.4) is 0 Å². The lowest BCUT2D eigenvalue weighted by Gasteiger charge is -2.23. The molecule has 1 fully saturated rings. The van der Waals surface area contributed by atoms with Gasteiger partial charge in [-0.05, 0) is 25.7 Å². The molecule has 100 valence electrons. The SMILES string of the molecule is NS(=O)(=O)c1cc(O)cc(OC2CCCCC2)c1. The summed E-state index contributed by atoms with van der Waals surface area (Å²) in [6, 6.07) is 3.87. The molecule has 18 heavy (non-hydrogen) atoms. The van der Waals surface area contributed by atoms with Crippen molar-refractivity contribution in [2.75, 3.05) is 0 Å². The molecule has 5 nitrogen and oxygen atoms in total. The summed E-state index contributed by atoms with van der Waals surface area (Å²) >= 11 is 0. The first-order chi connectivity index (χ1) is 8.45. The lowest BCUT2D eigenvalue weighted by molar-refractivity contribution is 0.154. The van der Waals surface area contributed by atoms with Gasteiger partial charge in [0, 0.05) is 18.2 Å². The molecule has 0 radical (unpaired) electrons. The number of rotatable bonds is 3. The van der Waals surface area contributed by atoms with Crippen LogP contribution in [0.5, 0.6) is 11.5 Å². The Morgan fingerprint density at radius 1 is 1.17 bits per heavy atom. The molecule has 0 aliphatic heterocycles. The minimum atomic E-state index is -3.83. The van der Waals surface area contributed by atoms with Gasteiger partial charge in [-0.3, -0.25) is 0 Å². The van der Waals surface area contributed by atoms with Gasteiger partial charge in [0.2, 0.25) is 10.0 Å². The van der Waals surface area contributed by atoms with Crippen LogP contribution in [0.1, 0.15) is 32.1 Å². The van der Waals surface area contributed by atoms with Crippen molar-refractivity contribution in [1.29, 1.82) is 0 Å². The van der Waals surface area contributed by atoms with Gasteiger partial charge in [-0.25, -0.2) is 13.6 Å². The standard InChI is InChI=1S/C12H17NO4S/c13-18(15,16)12-7-9(14)6-11(8-12)17-10-4-2-1-3-5-10/h6-8,10,14H,1-5H2,(H2,13,15,16). The molecule has 0 unspecified atom stereocenters. The van der Waals surface area contributed by atoms with Crippen LogP contribution in [0.15, 0.2) is 23.1 Å². The van der Waals surface area contributed by atoms with Crippen LogP contribution in [0.4, 0.5) is 0 Å². The van der Waals surface area contributed by atoms with Crippen molar-refractivity contribution >= 4 is 10.0 Å². The minimum Gasteiger partial charge on any atom is -0.508 e. The zero-order valence-corrected chi connectivity index (χ0v) is 10.8. The molecule has 0 spiro atoms. The second kappa shape index (κ2) is 5.16. The average molecular weight is 271 g/mol. The minimum absolute atomic E-state index is 0.0916. The zero-order valence-electron chi connectivity index (χ0n) is 10.0. The van der Waals surface area contributed by atoms with Crippen LogP contribution in [0.2, 0.25) is 0 Å². The summed E-state index contributed by atoms with van der Waals surface area (Å²) in [4.78, 5) is -0.131. The Morgan fingerprint density at radius 3 is 2.44 bits per heavy atom. The fraction of sp³-hybridized carbons (Fsp3) is 0.500. The molecule has 1 aliphatic carbocycles. The van der Waals surface area contributed by atoms with Crippen LogP contribution in [-0.2, 0) is 10.0 Å². The fourth-order valence-corrected chi connectivity index (χ4v) is 2.73. The van der Waals surface area contributed by atoms with Crippen molar-refractivity contribution in [3.05, 3.63) is 18.2 Å². The van der Waals surface area contributed by atoms with Gasteiger partial charge in [0.15, 0.2) is 0 Å². The van der Waals surface area contributed by atoms with E-state index in [1.807, 2.05) is 0 Å². The van der Waals surface area contributed by atoms with Gasteiger partial charge < -0.3 is 9.84 Å². The van der Waals surface area contributed by atoms with E-state index in [0.29, 0.717) is 5.75 Å².